The fraction of sp³-hybridized carbons (Fsp3) is 0.333. The van der Waals surface area contributed by atoms with Crippen LogP contribution in [0.4, 0.5) is 5.13 Å². The summed E-state index contributed by atoms with van der Waals surface area (Å²) in [5.41, 5.74) is 6.30. The highest BCUT2D eigenvalue weighted by atomic mass is 32.1. The number of unbranched alkanes of at least 4 members (excludes halogenated alkanes) is 1. The monoisotopic (exact) mass is 249 g/mol. The zero-order chi connectivity index (χ0) is 12.1. The Bertz CT molecular complexity index is 476. The number of hydrogen-bond donors (Lipinski definition) is 2. The van der Waals surface area contributed by atoms with Crippen molar-refractivity contribution < 1.29 is 4.79 Å². The number of aromatic nitrogens is 1. The average molecular weight is 249 g/mol. The molecule has 90 valence electrons. The van der Waals surface area contributed by atoms with Crippen molar-refractivity contribution in [2.75, 3.05) is 11.9 Å². The maximum atomic E-state index is 11.6. The SMILES string of the molecule is NCCCCC(=O)Nc1nc2ccccc2s1. The van der Waals surface area contributed by atoms with Crippen LogP contribution in [0.25, 0.3) is 10.2 Å². The summed E-state index contributed by atoms with van der Waals surface area (Å²) in [6.45, 7) is 0.633. The fourth-order valence-corrected chi connectivity index (χ4v) is 2.42. The van der Waals surface area contributed by atoms with Crippen LogP contribution < -0.4 is 11.1 Å². The average Bonchev–Trinajstić information content (AvgIpc) is 2.71. The summed E-state index contributed by atoms with van der Waals surface area (Å²) in [6, 6.07) is 7.84. The molecule has 1 aromatic carbocycles. The van der Waals surface area contributed by atoms with Crippen LogP contribution in [0.3, 0.4) is 0 Å². The van der Waals surface area contributed by atoms with E-state index in [1.54, 1.807) is 0 Å². The minimum atomic E-state index is 0.0116. The Labute approximate surface area is 104 Å². The summed E-state index contributed by atoms with van der Waals surface area (Å²) >= 11 is 1.50. The van der Waals surface area contributed by atoms with E-state index >= 15 is 0 Å². The molecule has 0 saturated carbocycles. The Hall–Kier alpha value is -1.46. The summed E-state index contributed by atoms with van der Waals surface area (Å²) in [5.74, 6) is 0.0116. The highest BCUT2D eigenvalue weighted by Crippen LogP contribution is 2.25. The van der Waals surface area contributed by atoms with Crippen LogP contribution in [0.5, 0.6) is 0 Å². The van der Waals surface area contributed by atoms with Gasteiger partial charge in [0.15, 0.2) is 5.13 Å². The van der Waals surface area contributed by atoms with Crippen LogP contribution in [0, 0.1) is 0 Å². The van der Waals surface area contributed by atoms with Crippen molar-refractivity contribution in [1.82, 2.24) is 4.98 Å². The summed E-state index contributed by atoms with van der Waals surface area (Å²) in [5, 5.41) is 3.49. The number of nitrogens with one attached hydrogen (secondary N) is 1. The number of para-hydroxylation sites is 1. The van der Waals surface area contributed by atoms with Gasteiger partial charge in [-0.2, -0.15) is 0 Å². The van der Waals surface area contributed by atoms with Gasteiger partial charge in [-0.05, 0) is 31.5 Å². The first-order chi connectivity index (χ1) is 8.29. The van der Waals surface area contributed by atoms with E-state index in [0.29, 0.717) is 18.1 Å². The van der Waals surface area contributed by atoms with Crippen molar-refractivity contribution in [3.8, 4) is 0 Å². The van der Waals surface area contributed by atoms with E-state index in [1.807, 2.05) is 24.3 Å². The first-order valence-corrected chi connectivity index (χ1v) is 6.47. The van der Waals surface area contributed by atoms with Gasteiger partial charge in [0.1, 0.15) is 0 Å². The number of carbonyl (C=O) groups excluding carboxylic acids is 1. The minimum absolute atomic E-state index is 0.0116. The third kappa shape index (κ3) is 3.25. The van der Waals surface area contributed by atoms with Gasteiger partial charge in [-0.25, -0.2) is 4.98 Å². The number of rotatable bonds is 5. The van der Waals surface area contributed by atoms with E-state index in [-0.39, 0.29) is 5.91 Å². The normalized spacial score (nSPS) is 10.6. The number of amides is 1. The molecule has 2 rings (SSSR count). The quantitative estimate of drug-likeness (QED) is 0.799. The highest BCUT2D eigenvalue weighted by Gasteiger charge is 2.06. The van der Waals surface area contributed by atoms with Crippen molar-refractivity contribution in [2.24, 2.45) is 5.73 Å². The number of anilines is 1. The second kappa shape index (κ2) is 5.75. The Kier molecular flexibility index (Phi) is 4.06. The van der Waals surface area contributed by atoms with Gasteiger partial charge < -0.3 is 11.1 Å². The summed E-state index contributed by atoms with van der Waals surface area (Å²) in [7, 11) is 0. The molecule has 0 aliphatic heterocycles. The molecule has 0 unspecified atom stereocenters. The predicted octanol–water partition coefficient (Wildman–Crippen LogP) is 2.36. The molecule has 1 heterocycles. The van der Waals surface area contributed by atoms with Crippen molar-refractivity contribution in [2.45, 2.75) is 19.3 Å². The Morgan fingerprint density at radius 1 is 1.35 bits per heavy atom. The molecule has 5 heteroatoms. The van der Waals surface area contributed by atoms with Crippen molar-refractivity contribution in [3.63, 3.8) is 0 Å². The fourth-order valence-electron chi connectivity index (χ4n) is 1.54. The van der Waals surface area contributed by atoms with E-state index in [2.05, 4.69) is 10.3 Å². The van der Waals surface area contributed by atoms with E-state index < -0.39 is 0 Å². The number of nitrogens with zero attached hydrogens (tertiary/aromatic N) is 1. The van der Waals surface area contributed by atoms with Gasteiger partial charge in [0.05, 0.1) is 10.2 Å². The predicted molar refractivity (Wildman–Crippen MR) is 71.2 cm³/mol. The third-order valence-corrected chi connectivity index (χ3v) is 3.35. The summed E-state index contributed by atoms with van der Waals surface area (Å²) in [6.07, 6.45) is 2.22. The maximum absolute atomic E-state index is 11.6. The first kappa shape index (κ1) is 12.0. The summed E-state index contributed by atoms with van der Waals surface area (Å²) < 4.78 is 1.09. The van der Waals surface area contributed by atoms with Crippen LogP contribution in [0.2, 0.25) is 0 Å². The molecule has 0 spiro atoms. The van der Waals surface area contributed by atoms with Crippen molar-refractivity contribution in [1.29, 1.82) is 0 Å². The van der Waals surface area contributed by atoms with Crippen LogP contribution in [0.15, 0.2) is 24.3 Å². The van der Waals surface area contributed by atoms with Crippen LogP contribution >= 0.6 is 11.3 Å². The lowest BCUT2D eigenvalue weighted by atomic mass is 10.2. The van der Waals surface area contributed by atoms with E-state index in [1.165, 1.54) is 11.3 Å². The van der Waals surface area contributed by atoms with Gasteiger partial charge in [0.25, 0.3) is 0 Å². The molecular formula is C12H15N3OS. The molecule has 3 N–H and O–H groups in total. The number of benzene rings is 1. The second-order valence-corrected chi connectivity index (χ2v) is 4.81. The standard InChI is InChI=1S/C12H15N3OS/c13-8-4-3-7-11(16)15-12-14-9-5-1-2-6-10(9)17-12/h1-2,5-6H,3-4,7-8,13H2,(H,14,15,16). The molecule has 0 saturated heterocycles. The Balaban J connectivity index is 1.96. The molecule has 0 atom stereocenters. The largest absolute Gasteiger partial charge is 0.330 e. The lowest BCUT2D eigenvalue weighted by molar-refractivity contribution is -0.116. The number of nitrogens with two attached hydrogens (primary N) is 1. The molecule has 1 amide bonds. The Morgan fingerprint density at radius 3 is 2.94 bits per heavy atom. The molecule has 0 fully saturated rings. The number of fused-ring (bicyclic) bond motifs is 1. The van der Waals surface area contributed by atoms with E-state index in [9.17, 15) is 4.79 Å². The van der Waals surface area contributed by atoms with Gasteiger partial charge >= 0.3 is 0 Å². The highest BCUT2D eigenvalue weighted by molar-refractivity contribution is 7.22. The lowest BCUT2D eigenvalue weighted by Gasteiger charge is -1.99. The van der Waals surface area contributed by atoms with Crippen molar-refractivity contribution in [3.05, 3.63) is 24.3 Å². The molecule has 17 heavy (non-hydrogen) atoms. The number of carbonyl (C=O) groups is 1. The van der Waals surface area contributed by atoms with Crippen molar-refractivity contribution >= 4 is 32.6 Å². The molecule has 0 aliphatic rings. The first-order valence-electron chi connectivity index (χ1n) is 5.65. The molecule has 4 nitrogen and oxygen atoms in total. The topological polar surface area (TPSA) is 68.0 Å². The molecule has 0 bridgehead atoms. The van der Waals surface area contributed by atoms with Gasteiger partial charge in [0.2, 0.25) is 5.91 Å². The van der Waals surface area contributed by atoms with Gasteiger partial charge in [-0.1, -0.05) is 23.5 Å². The van der Waals surface area contributed by atoms with Crippen LogP contribution in [-0.2, 0) is 4.79 Å². The van der Waals surface area contributed by atoms with E-state index in [0.717, 1.165) is 23.1 Å². The van der Waals surface area contributed by atoms with Gasteiger partial charge in [-0.15, -0.1) is 0 Å². The van der Waals surface area contributed by atoms with Gasteiger partial charge in [-0.3, -0.25) is 4.79 Å². The maximum Gasteiger partial charge on any atom is 0.226 e. The molecular weight excluding hydrogens is 234 g/mol. The Morgan fingerprint density at radius 2 is 2.18 bits per heavy atom. The van der Waals surface area contributed by atoms with Gasteiger partial charge in [0, 0.05) is 6.42 Å². The van der Waals surface area contributed by atoms with Crippen LogP contribution in [-0.4, -0.2) is 17.4 Å². The van der Waals surface area contributed by atoms with Crippen LogP contribution in [0.1, 0.15) is 19.3 Å². The number of thiazole rings is 1. The third-order valence-electron chi connectivity index (χ3n) is 2.40. The minimum Gasteiger partial charge on any atom is -0.330 e. The van der Waals surface area contributed by atoms with E-state index in [4.69, 9.17) is 5.73 Å². The summed E-state index contributed by atoms with van der Waals surface area (Å²) in [4.78, 5) is 15.9. The zero-order valence-corrected chi connectivity index (χ0v) is 10.3. The molecule has 2 aromatic rings. The lowest BCUT2D eigenvalue weighted by Crippen LogP contribution is -2.11. The second-order valence-electron chi connectivity index (χ2n) is 3.78. The molecule has 1 aromatic heterocycles. The smallest absolute Gasteiger partial charge is 0.226 e. The molecule has 0 radical (unpaired) electrons. The molecule has 0 aliphatic carbocycles. The zero-order valence-electron chi connectivity index (χ0n) is 9.48. The number of hydrogen-bond acceptors (Lipinski definition) is 4.